The third-order valence-electron chi connectivity index (χ3n) is 4.90. The third-order valence-corrected chi connectivity index (χ3v) is 4.90. The van der Waals surface area contributed by atoms with Crippen molar-refractivity contribution >= 4 is 11.6 Å². The summed E-state index contributed by atoms with van der Waals surface area (Å²) in [6, 6.07) is 6.34. The number of hydrogen-bond acceptors (Lipinski definition) is 6. The van der Waals surface area contributed by atoms with Crippen LogP contribution in [0.4, 0.5) is 5.69 Å². The number of rotatable bonds is 10. The predicted molar refractivity (Wildman–Crippen MR) is 101 cm³/mol. The first kappa shape index (κ1) is 19.1. The summed E-state index contributed by atoms with van der Waals surface area (Å²) in [5, 5.41) is 6.46. The number of nitrogens with zero attached hydrogens (tertiary/aromatic N) is 1. The van der Waals surface area contributed by atoms with E-state index in [4.69, 9.17) is 15.2 Å². The summed E-state index contributed by atoms with van der Waals surface area (Å²) >= 11 is 0. The summed E-state index contributed by atoms with van der Waals surface area (Å²) in [4.78, 5) is 14.4. The molecule has 1 aromatic rings. The zero-order valence-corrected chi connectivity index (χ0v) is 15.3. The number of piperidine rings is 1. The van der Waals surface area contributed by atoms with Crippen LogP contribution in [0.25, 0.3) is 0 Å². The molecule has 0 aliphatic carbocycles. The highest BCUT2D eigenvalue weighted by Gasteiger charge is 2.33. The monoisotopic (exact) mass is 362 g/mol. The Morgan fingerprint density at radius 1 is 1.19 bits per heavy atom. The largest absolute Gasteiger partial charge is 0.382 e. The van der Waals surface area contributed by atoms with Gasteiger partial charge in [0.05, 0.1) is 32.5 Å². The molecule has 144 valence electrons. The molecule has 26 heavy (non-hydrogen) atoms. The van der Waals surface area contributed by atoms with Gasteiger partial charge in [-0.1, -0.05) is 12.1 Å². The normalized spacial score (nSPS) is 20.0. The van der Waals surface area contributed by atoms with Crippen molar-refractivity contribution in [2.75, 3.05) is 51.4 Å². The van der Waals surface area contributed by atoms with Crippen LogP contribution in [0.5, 0.6) is 0 Å². The fraction of sp³-hybridized carbons (Fsp3) is 0.632. The Hall–Kier alpha value is -1.67. The van der Waals surface area contributed by atoms with Gasteiger partial charge in [0, 0.05) is 38.4 Å². The van der Waals surface area contributed by atoms with E-state index in [0.29, 0.717) is 33.0 Å². The van der Waals surface area contributed by atoms with Gasteiger partial charge in [-0.25, -0.2) is 0 Å². The molecular weight excluding hydrogens is 332 g/mol. The van der Waals surface area contributed by atoms with E-state index in [1.54, 1.807) is 0 Å². The van der Waals surface area contributed by atoms with Crippen LogP contribution in [0, 0.1) is 0 Å². The van der Waals surface area contributed by atoms with Crippen molar-refractivity contribution in [2.24, 2.45) is 5.73 Å². The minimum Gasteiger partial charge on any atom is -0.382 e. The van der Waals surface area contributed by atoms with Crippen LogP contribution in [0.15, 0.2) is 18.2 Å². The average Bonchev–Trinajstić information content (AvgIpc) is 3.09. The van der Waals surface area contributed by atoms with Crippen LogP contribution in [-0.4, -0.2) is 62.9 Å². The molecule has 7 heteroatoms. The van der Waals surface area contributed by atoms with Crippen LogP contribution in [0.2, 0.25) is 0 Å². The molecule has 0 radical (unpaired) electrons. The van der Waals surface area contributed by atoms with Crippen molar-refractivity contribution in [1.82, 2.24) is 10.2 Å². The van der Waals surface area contributed by atoms with Crippen molar-refractivity contribution in [1.29, 1.82) is 0 Å². The smallest absolute Gasteiger partial charge is 0.237 e. The first-order valence-electron chi connectivity index (χ1n) is 9.51. The number of fused-ring (bicyclic) bond motifs is 1. The Morgan fingerprint density at radius 2 is 2.04 bits per heavy atom. The summed E-state index contributed by atoms with van der Waals surface area (Å²) in [7, 11) is 0. The Morgan fingerprint density at radius 3 is 2.85 bits per heavy atom. The molecule has 1 atom stereocenters. The summed E-state index contributed by atoms with van der Waals surface area (Å²) in [5.41, 5.74) is 9.12. The summed E-state index contributed by atoms with van der Waals surface area (Å²) in [5.74, 6) is 0.170. The molecule has 0 aromatic heterocycles. The molecule has 1 unspecified atom stereocenters. The van der Waals surface area contributed by atoms with Crippen LogP contribution in [-0.2, 0) is 27.4 Å². The van der Waals surface area contributed by atoms with Crippen molar-refractivity contribution < 1.29 is 14.3 Å². The van der Waals surface area contributed by atoms with Gasteiger partial charge in [0.25, 0.3) is 0 Å². The van der Waals surface area contributed by atoms with Crippen LogP contribution in [0.1, 0.15) is 24.0 Å². The first-order valence-corrected chi connectivity index (χ1v) is 9.51. The van der Waals surface area contributed by atoms with Gasteiger partial charge >= 0.3 is 0 Å². The standard InChI is InChI=1S/C19H30N4O3/c20-6-9-25-11-12-26-10-8-21-17-4-1-3-15-13-23(14-16(15)17)18-5-2-7-22-19(18)24/h1,3-4,18,21H,2,5-14,20H2,(H,22,24). The maximum absolute atomic E-state index is 12.2. The van der Waals surface area contributed by atoms with Crippen LogP contribution < -0.4 is 16.4 Å². The van der Waals surface area contributed by atoms with E-state index in [1.807, 2.05) is 0 Å². The first-order chi connectivity index (χ1) is 12.8. The fourth-order valence-corrected chi connectivity index (χ4v) is 3.60. The number of carbonyl (C=O) groups is 1. The Labute approximate surface area is 155 Å². The van der Waals surface area contributed by atoms with Gasteiger partial charge in [0.15, 0.2) is 0 Å². The van der Waals surface area contributed by atoms with Gasteiger partial charge in [0.1, 0.15) is 0 Å². The topological polar surface area (TPSA) is 88.8 Å². The molecule has 0 bridgehead atoms. The number of benzene rings is 1. The molecule has 4 N–H and O–H groups in total. The lowest BCUT2D eigenvalue weighted by Gasteiger charge is -2.29. The van der Waals surface area contributed by atoms with E-state index >= 15 is 0 Å². The molecule has 3 rings (SSSR count). The van der Waals surface area contributed by atoms with Gasteiger partial charge < -0.3 is 25.8 Å². The predicted octanol–water partition coefficient (Wildman–Crippen LogP) is 0.685. The lowest BCUT2D eigenvalue weighted by molar-refractivity contribution is -0.128. The van der Waals surface area contributed by atoms with Crippen LogP contribution in [0.3, 0.4) is 0 Å². The second-order valence-corrected chi connectivity index (χ2v) is 6.74. The number of nitrogens with one attached hydrogen (secondary N) is 2. The quantitative estimate of drug-likeness (QED) is 0.531. The number of nitrogens with two attached hydrogens (primary N) is 1. The fourth-order valence-electron chi connectivity index (χ4n) is 3.60. The average molecular weight is 362 g/mol. The minimum atomic E-state index is 0.000791. The summed E-state index contributed by atoms with van der Waals surface area (Å²) in [6.45, 7) is 6.13. The van der Waals surface area contributed by atoms with Gasteiger partial charge in [-0.3, -0.25) is 9.69 Å². The minimum absolute atomic E-state index is 0.000791. The van der Waals surface area contributed by atoms with E-state index in [9.17, 15) is 4.79 Å². The maximum Gasteiger partial charge on any atom is 0.237 e. The van der Waals surface area contributed by atoms with Crippen LogP contribution >= 0.6 is 0 Å². The highest BCUT2D eigenvalue weighted by Crippen LogP contribution is 2.31. The Bertz CT molecular complexity index is 596. The zero-order chi connectivity index (χ0) is 18.2. The number of hydrogen-bond donors (Lipinski definition) is 3. The van der Waals surface area contributed by atoms with Crippen molar-refractivity contribution in [3.63, 3.8) is 0 Å². The van der Waals surface area contributed by atoms with Gasteiger partial charge in [-0.15, -0.1) is 0 Å². The van der Waals surface area contributed by atoms with Crippen molar-refractivity contribution in [3.8, 4) is 0 Å². The Balaban J connectivity index is 1.45. The number of carbonyl (C=O) groups excluding carboxylic acids is 1. The van der Waals surface area contributed by atoms with E-state index in [-0.39, 0.29) is 11.9 Å². The molecule has 1 fully saturated rings. The number of anilines is 1. The number of amides is 1. The molecule has 0 spiro atoms. The number of ether oxygens (including phenoxy) is 2. The second kappa shape index (κ2) is 9.87. The molecule has 2 aliphatic heterocycles. The van der Waals surface area contributed by atoms with Gasteiger partial charge in [-0.05, 0) is 30.0 Å². The molecule has 7 nitrogen and oxygen atoms in total. The van der Waals surface area contributed by atoms with Gasteiger partial charge in [0.2, 0.25) is 5.91 Å². The zero-order valence-electron chi connectivity index (χ0n) is 15.3. The van der Waals surface area contributed by atoms with E-state index < -0.39 is 0 Å². The highest BCUT2D eigenvalue weighted by molar-refractivity contribution is 5.82. The molecule has 1 aromatic carbocycles. The van der Waals surface area contributed by atoms with Crippen molar-refractivity contribution in [3.05, 3.63) is 29.3 Å². The molecule has 2 aliphatic rings. The molecular formula is C19H30N4O3. The SMILES string of the molecule is NCCOCCOCCNc1cccc2c1CN(C1CCCNC1=O)C2. The molecule has 0 saturated carbocycles. The Kier molecular flexibility index (Phi) is 7.25. The van der Waals surface area contributed by atoms with E-state index in [2.05, 4.69) is 33.7 Å². The third kappa shape index (κ3) is 4.94. The van der Waals surface area contributed by atoms with Gasteiger partial charge in [-0.2, -0.15) is 0 Å². The lowest BCUT2D eigenvalue weighted by atomic mass is 10.1. The summed E-state index contributed by atoms with van der Waals surface area (Å²) in [6.07, 6.45) is 2.00. The maximum atomic E-state index is 12.2. The van der Waals surface area contributed by atoms with E-state index in [0.717, 1.165) is 44.7 Å². The molecule has 1 saturated heterocycles. The second-order valence-electron chi connectivity index (χ2n) is 6.74. The van der Waals surface area contributed by atoms with Crippen molar-refractivity contribution in [2.45, 2.75) is 32.0 Å². The lowest BCUT2D eigenvalue weighted by Crippen LogP contribution is -2.48. The van der Waals surface area contributed by atoms with E-state index in [1.165, 1.54) is 11.1 Å². The summed E-state index contributed by atoms with van der Waals surface area (Å²) < 4.78 is 10.8. The molecule has 2 heterocycles. The molecule has 1 amide bonds. The highest BCUT2D eigenvalue weighted by atomic mass is 16.5.